The molecule has 26 heavy (non-hydrogen) atoms. The average Bonchev–Trinajstić information content (AvgIpc) is 2.97. The summed E-state index contributed by atoms with van der Waals surface area (Å²) in [5.74, 6) is -0.0652. The zero-order valence-corrected chi connectivity index (χ0v) is 15.8. The SMILES string of the molecule is COc1ccc(C)cc1NC(=O)C1CC(=O)N(c2ccc(Cl)cc2C)C1. The smallest absolute Gasteiger partial charge is 0.229 e. The number of aryl methyl sites for hydroxylation is 2. The van der Waals surface area contributed by atoms with Crippen LogP contribution >= 0.6 is 11.6 Å². The fourth-order valence-electron chi connectivity index (χ4n) is 3.19. The molecule has 0 spiro atoms. The maximum Gasteiger partial charge on any atom is 0.229 e. The van der Waals surface area contributed by atoms with E-state index in [4.69, 9.17) is 16.3 Å². The number of rotatable bonds is 4. The molecule has 0 aliphatic carbocycles. The maximum absolute atomic E-state index is 12.7. The summed E-state index contributed by atoms with van der Waals surface area (Å²) in [5, 5.41) is 3.52. The Kier molecular flexibility index (Phi) is 5.18. The summed E-state index contributed by atoms with van der Waals surface area (Å²) in [6.07, 6.45) is 0.183. The number of carbonyl (C=O) groups is 2. The number of hydrogen-bond acceptors (Lipinski definition) is 3. The number of anilines is 2. The van der Waals surface area contributed by atoms with Gasteiger partial charge in [0.2, 0.25) is 11.8 Å². The third-order valence-corrected chi connectivity index (χ3v) is 4.79. The van der Waals surface area contributed by atoms with Crippen LogP contribution in [-0.2, 0) is 9.59 Å². The first-order valence-corrected chi connectivity index (χ1v) is 8.79. The van der Waals surface area contributed by atoms with Gasteiger partial charge in [-0.3, -0.25) is 9.59 Å². The molecule has 136 valence electrons. The first-order valence-electron chi connectivity index (χ1n) is 8.41. The Morgan fingerprint density at radius 1 is 1.23 bits per heavy atom. The number of amides is 2. The van der Waals surface area contributed by atoms with Crippen LogP contribution in [0.25, 0.3) is 0 Å². The molecular weight excluding hydrogens is 352 g/mol. The minimum atomic E-state index is -0.414. The molecule has 1 saturated heterocycles. The van der Waals surface area contributed by atoms with E-state index < -0.39 is 5.92 Å². The summed E-state index contributed by atoms with van der Waals surface area (Å²) < 4.78 is 5.30. The van der Waals surface area contributed by atoms with E-state index in [0.29, 0.717) is 23.0 Å². The lowest BCUT2D eigenvalue weighted by molar-refractivity contribution is -0.122. The molecule has 1 unspecified atom stereocenters. The van der Waals surface area contributed by atoms with Crippen molar-refractivity contribution in [2.24, 2.45) is 5.92 Å². The van der Waals surface area contributed by atoms with Crippen molar-refractivity contribution in [3.05, 3.63) is 52.5 Å². The second-order valence-electron chi connectivity index (χ2n) is 6.53. The second kappa shape index (κ2) is 7.38. The van der Waals surface area contributed by atoms with Crippen LogP contribution in [0.3, 0.4) is 0 Å². The van der Waals surface area contributed by atoms with E-state index >= 15 is 0 Å². The second-order valence-corrected chi connectivity index (χ2v) is 6.97. The van der Waals surface area contributed by atoms with E-state index in [1.807, 2.05) is 44.2 Å². The Morgan fingerprint density at radius 3 is 2.69 bits per heavy atom. The zero-order valence-electron chi connectivity index (χ0n) is 15.0. The normalized spacial score (nSPS) is 16.7. The molecule has 1 aliphatic rings. The molecule has 2 aromatic carbocycles. The molecule has 1 aliphatic heterocycles. The Bertz CT molecular complexity index is 866. The predicted octanol–water partition coefficient (Wildman–Crippen LogP) is 3.96. The summed E-state index contributed by atoms with van der Waals surface area (Å²) in [6.45, 7) is 4.19. The van der Waals surface area contributed by atoms with Gasteiger partial charge < -0.3 is 15.0 Å². The van der Waals surface area contributed by atoms with Gasteiger partial charge in [0, 0.05) is 23.7 Å². The number of benzene rings is 2. The van der Waals surface area contributed by atoms with E-state index in [1.54, 1.807) is 18.1 Å². The molecule has 1 atom stereocenters. The monoisotopic (exact) mass is 372 g/mol. The number of carbonyl (C=O) groups excluding carboxylic acids is 2. The predicted molar refractivity (Wildman–Crippen MR) is 103 cm³/mol. The van der Waals surface area contributed by atoms with Crippen LogP contribution in [0, 0.1) is 19.8 Å². The van der Waals surface area contributed by atoms with Crippen LogP contribution in [-0.4, -0.2) is 25.5 Å². The van der Waals surface area contributed by atoms with Crippen molar-refractivity contribution in [2.75, 3.05) is 23.9 Å². The number of hydrogen-bond donors (Lipinski definition) is 1. The van der Waals surface area contributed by atoms with Crippen molar-refractivity contribution in [3.8, 4) is 5.75 Å². The summed E-state index contributed by atoms with van der Waals surface area (Å²) >= 11 is 5.99. The summed E-state index contributed by atoms with van der Waals surface area (Å²) in [6, 6.07) is 11.0. The summed E-state index contributed by atoms with van der Waals surface area (Å²) in [5.41, 5.74) is 3.34. The lowest BCUT2D eigenvalue weighted by Crippen LogP contribution is -2.28. The van der Waals surface area contributed by atoms with Crippen LogP contribution < -0.4 is 15.0 Å². The van der Waals surface area contributed by atoms with Crippen molar-refractivity contribution in [1.29, 1.82) is 0 Å². The molecule has 0 saturated carbocycles. The first kappa shape index (κ1) is 18.3. The highest BCUT2D eigenvalue weighted by atomic mass is 35.5. The molecule has 3 rings (SSSR count). The van der Waals surface area contributed by atoms with E-state index in [2.05, 4.69) is 5.32 Å². The third-order valence-electron chi connectivity index (χ3n) is 4.56. The standard InChI is InChI=1S/C20H21ClN2O3/c1-12-4-7-18(26-3)16(8-12)22-20(25)14-10-19(24)23(11-14)17-6-5-15(21)9-13(17)2/h4-9,14H,10-11H2,1-3H3,(H,22,25). The van der Waals surface area contributed by atoms with E-state index in [-0.39, 0.29) is 18.2 Å². The molecule has 5 nitrogen and oxygen atoms in total. The van der Waals surface area contributed by atoms with Gasteiger partial charge in [0.05, 0.1) is 18.7 Å². The Morgan fingerprint density at radius 2 is 2.00 bits per heavy atom. The molecule has 0 radical (unpaired) electrons. The molecule has 0 bridgehead atoms. The highest BCUT2D eigenvalue weighted by molar-refractivity contribution is 6.30. The molecule has 2 aromatic rings. The number of methoxy groups -OCH3 is 1. The molecule has 2 amide bonds. The molecule has 1 heterocycles. The van der Waals surface area contributed by atoms with Gasteiger partial charge in [-0.25, -0.2) is 0 Å². The number of nitrogens with one attached hydrogen (secondary N) is 1. The third kappa shape index (κ3) is 3.68. The van der Waals surface area contributed by atoms with Crippen LogP contribution in [0.15, 0.2) is 36.4 Å². The van der Waals surface area contributed by atoms with Crippen molar-refractivity contribution in [1.82, 2.24) is 0 Å². The molecule has 0 aromatic heterocycles. The van der Waals surface area contributed by atoms with Gasteiger partial charge in [-0.05, 0) is 55.3 Å². The molecular formula is C20H21ClN2O3. The van der Waals surface area contributed by atoms with Gasteiger partial charge in [-0.2, -0.15) is 0 Å². The van der Waals surface area contributed by atoms with Gasteiger partial charge in [-0.1, -0.05) is 17.7 Å². The summed E-state index contributed by atoms with van der Waals surface area (Å²) in [7, 11) is 1.56. The highest BCUT2D eigenvalue weighted by Gasteiger charge is 2.36. The maximum atomic E-state index is 12.7. The van der Waals surface area contributed by atoms with Crippen LogP contribution in [0.4, 0.5) is 11.4 Å². The van der Waals surface area contributed by atoms with Crippen LogP contribution in [0.1, 0.15) is 17.5 Å². The topological polar surface area (TPSA) is 58.6 Å². The van der Waals surface area contributed by atoms with Crippen molar-refractivity contribution < 1.29 is 14.3 Å². The zero-order chi connectivity index (χ0) is 18.8. The van der Waals surface area contributed by atoms with Gasteiger partial charge in [-0.15, -0.1) is 0 Å². The largest absolute Gasteiger partial charge is 0.495 e. The lowest BCUT2D eigenvalue weighted by atomic mass is 10.1. The van der Waals surface area contributed by atoms with Gasteiger partial charge in [0.25, 0.3) is 0 Å². The quantitative estimate of drug-likeness (QED) is 0.883. The van der Waals surface area contributed by atoms with E-state index in [1.165, 1.54) is 0 Å². The highest BCUT2D eigenvalue weighted by Crippen LogP contribution is 2.31. The molecule has 6 heteroatoms. The van der Waals surface area contributed by atoms with Crippen molar-refractivity contribution in [3.63, 3.8) is 0 Å². The number of nitrogens with zero attached hydrogens (tertiary/aromatic N) is 1. The number of ether oxygens (including phenoxy) is 1. The average molecular weight is 373 g/mol. The number of halogens is 1. The van der Waals surface area contributed by atoms with Crippen LogP contribution in [0.5, 0.6) is 5.75 Å². The van der Waals surface area contributed by atoms with Gasteiger partial charge in [0.15, 0.2) is 0 Å². The van der Waals surface area contributed by atoms with Gasteiger partial charge in [0.1, 0.15) is 5.75 Å². The Labute approximate surface area is 157 Å². The van der Waals surface area contributed by atoms with Crippen molar-refractivity contribution in [2.45, 2.75) is 20.3 Å². The van der Waals surface area contributed by atoms with E-state index in [0.717, 1.165) is 16.8 Å². The molecule has 1 N–H and O–H groups in total. The van der Waals surface area contributed by atoms with E-state index in [9.17, 15) is 9.59 Å². The van der Waals surface area contributed by atoms with Gasteiger partial charge >= 0.3 is 0 Å². The minimum Gasteiger partial charge on any atom is -0.495 e. The Balaban J connectivity index is 1.76. The molecule has 1 fully saturated rings. The van der Waals surface area contributed by atoms with Crippen LogP contribution in [0.2, 0.25) is 5.02 Å². The first-order chi connectivity index (χ1) is 12.4. The Hall–Kier alpha value is -2.53. The fourth-order valence-corrected chi connectivity index (χ4v) is 3.42. The lowest BCUT2D eigenvalue weighted by Gasteiger charge is -2.19. The van der Waals surface area contributed by atoms with Crippen molar-refractivity contribution >= 4 is 34.8 Å². The minimum absolute atomic E-state index is 0.0632. The fraction of sp³-hybridized carbons (Fsp3) is 0.300. The summed E-state index contributed by atoms with van der Waals surface area (Å²) in [4.78, 5) is 26.8.